The molecule has 8 heteroatoms. The van der Waals surface area contributed by atoms with Gasteiger partial charge in [0.2, 0.25) is 0 Å². The number of nitrogens with one attached hydrogen (secondary N) is 1. The molecule has 0 atom stereocenters. The van der Waals surface area contributed by atoms with Crippen LogP contribution >= 0.6 is 11.8 Å². The van der Waals surface area contributed by atoms with Crippen molar-refractivity contribution < 1.29 is 14.3 Å². The molecule has 0 aliphatic heterocycles. The number of aromatic nitrogens is 2. The summed E-state index contributed by atoms with van der Waals surface area (Å²) in [5.41, 5.74) is 3.28. The minimum atomic E-state index is -0.262. The lowest BCUT2D eigenvalue weighted by atomic mass is 10.2. The van der Waals surface area contributed by atoms with E-state index in [0.717, 1.165) is 10.5 Å². The van der Waals surface area contributed by atoms with Gasteiger partial charge in [-0.3, -0.25) is 14.0 Å². The van der Waals surface area contributed by atoms with Crippen molar-refractivity contribution in [2.24, 2.45) is 0 Å². The van der Waals surface area contributed by atoms with E-state index >= 15 is 0 Å². The number of benzene rings is 2. The van der Waals surface area contributed by atoms with Crippen LogP contribution in [-0.2, 0) is 5.75 Å². The largest absolute Gasteiger partial charge is 0.493 e. The summed E-state index contributed by atoms with van der Waals surface area (Å²) in [6.07, 6.45) is 1.72. The Morgan fingerprint density at radius 2 is 1.82 bits per heavy atom. The van der Waals surface area contributed by atoms with Gasteiger partial charge < -0.3 is 14.8 Å². The Bertz CT molecular complexity index is 1380. The summed E-state index contributed by atoms with van der Waals surface area (Å²) in [6.45, 7) is 1.93. The number of thioether (sulfide) groups is 1. The third-order valence-electron chi connectivity index (χ3n) is 5.10. The van der Waals surface area contributed by atoms with E-state index in [1.807, 2.05) is 43.3 Å². The molecule has 4 aromatic rings. The molecule has 7 nitrogen and oxygen atoms in total. The predicted molar refractivity (Wildman–Crippen MR) is 130 cm³/mol. The van der Waals surface area contributed by atoms with Crippen LogP contribution in [0.3, 0.4) is 0 Å². The highest BCUT2D eigenvalue weighted by Crippen LogP contribution is 2.31. The fourth-order valence-corrected chi connectivity index (χ4v) is 4.30. The van der Waals surface area contributed by atoms with Crippen molar-refractivity contribution in [3.63, 3.8) is 0 Å². The quantitative estimate of drug-likeness (QED) is 0.406. The number of methoxy groups -OCH3 is 2. The highest BCUT2D eigenvalue weighted by Gasteiger charge is 2.13. The Kier molecular flexibility index (Phi) is 6.65. The summed E-state index contributed by atoms with van der Waals surface area (Å²) in [5, 5.41) is 2.96. The lowest BCUT2D eigenvalue weighted by molar-refractivity contribution is 0.102. The molecule has 0 unspecified atom stereocenters. The van der Waals surface area contributed by atoms with Crippen molar-refractivity contribution in [1.29, 1.82) is 0 Å². The zero-order valence-corrected chi connectivity index (χ0v) is 19.3. The van der Waals surface area contributed by atoms with Crippen LogP contribution in [0.1, 0.15) is 21.6 Å². The Hall–Kier alpha value is -3.78. The molecule has 0 spiro atoms. The van der Waals surface area contributed by atoms with Crippen molar-refractivity contribution >= 4 is 29.0 Å². The van der Waals surface area contributed by atoms with Gasteiger partial charge in [0.15, 0.2) is 11.5 Å². The number of hydrogen-bond donors (Lipinski definition) is 1. The molecule has 0 fully saturated rings. The van der Waals surface area contributed by atoms with Crippen LogP contribution in [0.2, 0.25) is 0 Å². The fourth-order valence-electron chi connectivity index (χ4n) is 3.40. The Balaban J connectivity index is 1.54. The molecule has 4 rings (SSSR count). The van der Waals surface area contributed by atoms with Gasteiger partial charge in [-0.05, 0) is 48.9 Å². The van der Waals surface area contributed by atoms with Gasteiger partial charge in [0, 0.05) is 28.5 Å². The van der Waals surface area contributed by atoms with E-state index in [1.165, 1.54) is 18.9 Å². The van der Waals surface area contributed by atoms with Crippen LogP contribution < -0.4 is 20.3 Å². The number of carbonyl (C=O) groups is 1. The number of aryl methyl sites for hydroxylation is 1. The molecule has 2 heterocycles. The minimum Gasteiger partial charge on any atom is -0.493 e. The number of rotatable bonds is 7. The zero-order chi connectivity index (χ0) is 23.4. The fraction of sp³-hybridized carbons (Fsp3) is 0.160. The number of nitrogens with zero attached hydrogens (tertiary/aromatic N) is 2. The molecule has 2 aromatic heterocycles. The van der Waals surface area contributed by atoms with E-state index in [0.29, 0.717) is 39.8 Å². The topological polar surface area (TPSA) is 81.9 Å². The molecule has 0 saturated heterocycles. The minimum absolute atomic E-state index is 0.116. The van der Waals surface area contributed by atoms with Gasteiger partial charge in [-0.25, -0.2) is 4.98 Å². The predicted octanol–water partition coefficient (Wildman–Crippen LogP) is 4.56. The van der Waals surface area contributed by atoms with Crippen LogP contribution in [0.25, 0.3) is 5.65 Å². The average Bonchev–Trinajstić information content (AvgIpc) is 2.83. The van der Waals surface area contributed by atoms with Gasteiger partial charge in [-0.2, -0.15) is 0 Å². The van der Waals surface area contributed by atoms with Crippen LogP contribution in [-0.4, -0.2) is 29.5 Å². The van der Waals surface area contributed by atoms with Crippen LogP contribution in [0, 0.1) is 6.92 Å². The van der Waals surface area contributed by atoms with Gasteiger partial charge >= 0.3 is 0 Å². The summed E-state index contributed by atoms with van der Waals surface area (Å²) in [7, 11) is 3.07. The molecule has 0 bridgehead atoms. The first-order valence-electron chi connectivity index (χ1n) is 10.2. The third-order valence-corrected chi connectivity index (χ3v) is 6.20. The van der Waals surface area contributed by atoms with E-state index in [1.54, 1.807) is 42.0 Å². The number of para-hydroxylation sites is 1. The van der Waals surface area contributed by atoms with E-state index in [2.05, 4.69) is 10.3 Å². The maximum Gasteiger partial charge on any atom is 0.258 e. The van der Waals surface area contributed by atoms with E-state index in [-0.39, 0.29) is 11.5 Å². The number of hydrogen-bond acceptors (Lipinski definition) is 6. The molecular weight excluding hydrogens is 438 g/mol. The zero-order valence-electron chi connectivity index (χ0n) is 18.5. The summed E-state index contributed by atoms with van der Waals surface area (Å²) < 4.78 is 12.1. The maximum absolute atomic E-state index is 12.9. The molecular formula is C25H23N3O4S. The van der Waals surface area contributed by atoms with Crippen molar-refractivity contribution in [2.75, 3.05) is 19.5 Å². The smallest absolute Gasteiger partial charge is 0.258 e. The second-order valence-corrected chi connectivity index (χ2v) is 8.30. The number of anilines is 1. The Morgan fingerprint density at radius 3 is 2.61 bits per heavy atom. The summed E-state index contributed by atoms with van der Waals surface area (Å²) in [5.74, 6) is 1.26. The highest BCUT2D eigenvalue weighted by atomic mass is 32.2. The standard InChI is InChI=1S/C25H23N3O4S/c1-16-7-6-12-28-23(29)14-18(26-24(16)28)15-33-22-9-5-4-8-19(22)27-25(30)17-10-11-20(31-2)21(13-17)32-3/h4-14H,15H2,1-3H3,(H,27,30). The van der Waals surface area contributed by atoms with Crippen molar-refractivity contribution in [3.8, 4) is 11.5 Å². The van der Waals surface area contributed by atoms with Gasteiger partial charge in [0.05, 0.1) is 25.6 Å². The van der Waals surface area contributed by atoms with E-state index in [9.17, 15) is 9.59 Å². The number of fused-ring (bicyclic) bond motifs is 1. The van der Waals surface area contributed by atoms with Crippen molar-refractivity contribution in [3.05, 3.63) is 94.0 Å². The Morgan fingerprint density at radius 1 is 1.03 bits per heavy atom. The van der Waals surface area contributed by atoms with Gasteiger partial charge in [0.1, 0.15) is 5.65 Å². The summed E-state index contributed by atoms with van der Waals surface area (Å²) in [4.78, 5) is 30.9. The number of ether oxygens (including phenoxy) is 2. The van der Waals surface area contributed by atoms with E-state index in [4.69, 9.17) is 9.47 Å². The second-order valence-electron chi connectivity index (χ2n) is 7.28. The monoisotopic (exact) mass is 461 g/mol. The van der Waals surface area contributed by atoms with Gasteiger partial charge in [-0.15, -0.1) is 11.8 Å². The molecule has 0 saturated carbocycles. The molecule has 168 valence electrons. The van der Waals surface area contributed by atoms with Crippen LogP contribution in [0.4, 0.5) is 5.69 Å². The molecule has 2 aromatic carbocycles. The molecule has 33 heavy (non-hydrogen) atoms. The lowest BCUT2D eigenvalue weighted by Gasteiger charge is -2.13. The first kappa shape index (κ1) is 22.4. The third kappa shape index (κ3) is 4.85. The Labute approximate surface area is 195 Å². The van der Waals surface area contributed by atoms with E-state index < -0.39 is 0 Å². The summed E-state index contributed by atoms with van der Waals surface area (Å²) >= 11 is 1.50. The van der Waals surface area contributed by atoms with Crippen LogP contribution in [0.5, 0.6) is 11.5 Å². The van der Waals surface area contributed by atoms with Crippen molar-refractivity contribution in [1.82, 2.24) is 9.38 Å². The molecule has 0 aliphatic carbocycles. The SMILES string of the molecule is COc1ccc(C(=O)Nc2ccccc2SCc2cc(=O)n3cccc(C)c3n2)cc1OC. The highest BCUT2D eigenvalue weighted by molar-refractivity contribution is 7.98. The van der Waals surface area contributed by atoms with Gasteiger partial charge in [0.25, 0.3) is 11.5 Å². The second kappa shape index (κ2) is 9.79. The van der Waals surface area contributed by atoms with Crippen molar-refractivity contribution in [2.45, 2.75) is 17.6 Å². The van der Waals surface area contributed by atoms with Crippen LogP contribution in [0.15, 0.2) is 76.6 Å². The molecule has 1 amide bonds. The molecule has 1 N–H and O–H groups in total. The number of amides is 1. The first-order chi connectivity index (χ1) is 16.0. The number of pyridine rings is 1. The molecule has 0 aliphatic rings. The normalized spacial score (nSPS) is 10.8. The maximum atomic E-state index is 12.9. The summed E-state index contributed by atoms with van der Waals surface area (Å²) in [6, 6.07) is 17.8. The molecule has 0 radical (unpaired) electrons. The average molecular weight is 462 g/mol. The first-order valence-corrected chi connectivity index (χ1v) is 11.2. The lowest BCUT2D eigenvalue weighted by Crippen LogP contribution is -2.15. The number of carbonyl (C=O) groups excluding carboxylic acids is 1. The van der Waals surface area contributed by atoms with Gasteiger partial charge in [-0.1, -0.05) is 18.2 Å².